The molecule has 0 bridgehead atoms. The molecule has 116 valence electrons. The highest BCUT2D eigenvalue weighted by Crippen LogP contribution is 2.45. The number of amides is 1. The number of aliphatic hydroxyl groups is 1. The lowest BCUT2D eigenvalue weighted by Gasteiger charge is -2.42. The predicted octanol–water partition coefficient (Wildman–Crippen LogP) is 3.36. The highest BCUT2D eigenvalue weighted by atomic mass is 16.3. The second kappa shape index (κ2) is 6.93. The van der Waals surface area contributed by atoms with Crippen molar-refractivity contribution in [2.24, 2.45) is 11.3 Å². The summed E-state index contributed by atoms with van der Waals surface area (Å²) in [7, 11) is 0. The van der Waals surface area contributed by atoms with Crippen molar-refractivity contribution in [2.75, 3.05) is 13.2 Å². The lowest BCUT2D eigenvalue weighted by molar-refractivity contribution is -0.147. The summed E-state index contributed by atoms with van der Waals surface area (Å²) in [4.78, 5) is 15.3. The summed E-state index contributed by atoms with van der Waals surface area (Å²) in [6.07, 6.45) is 9.76. The molecule has 1 aliphatic heterocycles. The third-order valence-electron chi connectivity index (χ3n) is 5.16. The molecule has 20 heavy (non-hydrogen) atoms. The van der Waals surface area contributed by atoms with Crippen molar-refractivity contribution in [3.05, 3.63) is 0 Å². The van der Waals surface area contributed by atoms with Crippen molar-refractivity contribution in [1.82, 2.24) is 4.90 Å². The van der Waals surface area contributed by atoms with E-state index < -0.39 is 0 Å². The van der Waals surface area contributed by atoms with E-state index in [2.05, 4.69) is 18.7 Å². The quantitative estimate of drug-likeness (QED) is 0.839. The third-order valence-corrected chi connectivity index (χ3v) is 5.16. The number of piperidine rings is 1. The van der Waals surface area contributed by atoms with Gasteiger partial charge in [0.05, 0.1) is 0 Å². The van der Waals surface area contributed by atoms with Crippen molar-refractivity contribution in [1.29, 1.82) is 0 Å². The van der Waals surface area contributed by atoms with Crippen LogP contribution in [0.1, 0.15) is 71.6 Å². The van der Waals surface area contributed by atoms with Crippen molar-refractivity contribution in [3.63, 3.8) is 0 Å². The maximum Gasteiger partial charge on any atom is 0.229 e. The summed E-state index contributed by atoms with van der Waals surface area (Å²) in [5.41, 5.74) is -0.0841. The minimum atomic E-state index is -0.0841. The van der Waals surface area contributed by atoms with E-state index in [1.54, 1.807) is 0 Å². The summed E-state index contributed by atoms with van der Waals surface area (Å²) < 4.78 is 0. The van der Waals surface area contributed by atoms with Crippen LogP contribution in [-0.2, 0) is 4.79 Å². The van der Waals surface area contributed by atoms with Crippen molar-refractivity contribution < 1.29 is 9.90 Å². The number of nitrogens with zero attached hydrogens (tertiary/aromatic N) is 1. The van der Waals surface area contributed by atoms with E-state index in [4.69, 9.17) is 0 Å². The number of carbonyl (C=O) groups is 1. The van der Waals surface area contributed by atoms with Gasteiger partial charge < -0.3 is 10.0 Å². The Morgan fingerprint density at radius 1 is 1.25 bits per heavy atom. The van der Waals surface area contributed by atoms with Crippen LogP contribution in [0.15, 0.2) is 0 Å². The standard InChI is InChI=1S/C17H31NO2/c1-14(2)13-17(9-4-5-10-17)16(20)18-11-6-3-7-15(18)8-12-19/h14-15,19H,3-13H2,1-2H3. The lowest BCUT2D eigenvalue weighted by atomic mass is 9.76. The monoisotopic (exact) mass is 281 g/mol. The summed E-state index contributed by atoms with van der Waals surface area (Å²) in [5, 5.41) is 9.26. The second-order valence-electron chi connectivity index (χ2n) is 7.25. The fourth-order valence-electron chi connectivity index (χ4n) is 4.36. The van der Waals surface area contributed by atoms with Crippen LogP contribution in [0.3, 0.4) is 0 Å². The first-order valence-corrected chi connectivity index (χ1v) is 8.51. The average molecular weight is 281 g/mol. The van der Waals surface area contributed by atoms with Crippen molar-refractivity contribution in [2.45, 2.75) is 77.7 Å². The molecule has 0 aromatic rings. The molecule has 2 rings (SSSR count). The fourth-order valence-corrected chi connectivity index (χ4v) is 4.36. The number of carbonyl (C=O) groups excluding carboxylic acids is 1. The van der Waals surface area contributed by atoms with Gasteiger partial charge in [0.1, 0.15) is 0 Å². The van der Waals surface area contributed by atoms with Gasteiger partial charge in [0, 0.05) is 24.6 Å². The zero-order valence-electron chi connectivity index (χ0n) is 13.2. The molecule has 1 N–H and O–H groups in total. The number of hydrogen-bond donors (Lipinski definition) is 1. The zero-order valence-corrected chi connectivity index (χ0v) is 13.2. The highest BCUT2D eigenvalue weighted by molar-refractivity contribution is 5.83. The van der Waals surface area contributed by atoms with Gasteiger partial charge in [-0.05, 0) is 50.9 Å². The minimum Gasteiger partial charge on any atom is -0.396 e. The molecule has 0 spiro atoms. The van der Waals surface area contributed by atoms with Gasteiger partial charge in [-0.15, -0.1) is 0 Å². The highest BCUT2D eigenvalue weighted by Gasteiger charge is 2.45. The number of hydrogen-bond acceptors (Lipinski definition) is 2. The van der Waals surface area contributed by atoms with Crippen LogP contribution in [0.2, 0.25) is 0 Å². The molecule has 1 unspecified atom stereocenters. The minimum absolute atomic E-state index is 0.0841. The molecule has 1 aliphatic carbocycles. The maximum absolute atomic E-state index is 13.2. The molecule has 0 radical (unpaired) electrons. The molecule has 0 aromatic carbocycles. The Balaban J connectivity index is 2.13. The van der Waals surface area contributed by atoms with E-state index in [9.17, 15) is 9.90 Å². The normalized spacial score (nSPS) is 26.2. The van der Waals surface area contributed by atoms with Gasteiger partial charge in [-0.25, -0.2) is 0 Å². The van der Waals surface area contributed by atoms with Crippen LogP contribution in [0.5, 0.6) is 0 Å². The van der Waals surface area contributed by atoms with E-state index in [1.807, 2.05) is 0 Å². The van der Waals surface area contributed by atoms with E-state index >= 15 is 0 Å². The topological polar surface area (TPSA) is 40.5 Å². The molecule has 0 aromatic heterocycles. The molecule has 3 heteroatoms. The molecule has 1 saturated heterocycles. The fraction of sp³-hybridized carbons (Fsp3) is 0.941. The third kappa shape index (κ3) is 3.36. The van der Waals surface area contributed by atoms with Gasteiger partial charge >= 0.3 is 0 Å². The molecular weight excluding hydrogens is 250 g/mol. The zero-order chi connectivity index (χ0) is 14.6. The van der Waals surface area contributed by atoms with E-state index in [-0.39, 0.29) is 18.1 Å². The molecular formula is C17H31NO2. The second-order valence-corrected chi connectivity index (χ2v) is 7.25. The van der Waals surface area contributed by atoms with Crippen LogP contribution in [-0.4, -0.2) is 35.1 Å². The van der Waals surface area contributed by atoms with Crippen molar-refractivity contribution >= 4 is 5.91 Å². The predicted molar refractivity (Wildman–Crippen MR) is 81.4 cm³/mol. The Morgan fingerprint density at radius 2 is 1.95 bits per heavy atom. The summed E-state index contributed by atoms with van der Waals surface area (Å²) in [5.74, 6) is 0.986. The Labute approximate surface area is 123 Å². The molecule has 2 aliphatic rings. The van der Waals surface area contributed by atoms with Crippen LogP contribution in [0.25, 0.3) is 0 Å². The molecule has 1 atom stereocenters. The lowest BCUT2D eigenvalue weighted by Crippen LogP contribution is -2.50. The summed E-state index contributed by atoms with van der Waals surface area (Å²) >= 11 is 0. The Kier molecular flexibility index (Phi) is 5.48. The summed E-state index contributed by atoms with van der Waals surface area (Å²) in [6, 6.07) is 0.283. The van der Waals surface area contributed by atoms with Crippen molar-refractivity contribution in [3.8, 4) is 0 Å². The van der Waals surface area contributed by atoms with Gasteiger partial charge in [0.15, 0.2) is 0 Å². The first-order valence-electron chi connectivity index (χ1n) is 8.51. The Morgan fingerprint density at radius 3 is 2.55 bits per heavy atom. The average Bonchev–Trinajstić information content (AvgIpc) is 2.88. The van der Waals surface area contributed by atoms with Gasteiger partial charge in [0.2, 0.25) is 5.91 Å². The maximum atomic E-state index is 13.2. The van der Waals surface area contributed by atoms with E-state index in [0.717, 1.165) is 45.1 Å². The number of rotatable bonds is 5. The van der Waals surface area contributed by atoms with Crippen LogP contribution < -0.4 is 0 Å². The molecule has 1 saturated carbocycles. The van der Waals surface area contributed by atoms with Crippen LogP contribution >= 0.6 is 0 Å². The summed E-state index contributed by atoms with van der Waals surface area (Å²) in [6.45, 7) is 5.57. The molecule has 1 heterocycles. The smallest absolute Gasteiger partial charge is 0.229 e. The van der Waals surface area contributed by atoms with Crippen LogP contribution in [0.4, 0.5) is 0 Å². The largest absolute Gasteiger partial charge is 0.396 e. The van der Waals surface area contributed by atoms with E-state index in [0.29, 0.717) is 11.8 Å². The Hall–Kier alpha value is -0.570. The van der Waals surface area contributed by atoms with E-state index in [1.165, 1.54) is 19.3 Å². The molecule has 1 amide bonds. The SMILES string of the molecule is CC(C)CC1(C(=O)N2CCCCC2CCO)CCCC1. The van der Waals surface area contributed by atoms with Gasteiger partial charge in [0.25, 0.3) is 0 Å². The van der Waals surface area contributed by atoms with Gasteiger partial charge in [-0.2, -0.15) is 0 Å². The van der Waals surface area contributed by atoms with Gasteiger partial charge in [-0.3, -0.25) is 4.79 Å². The Bertz CT molecular complexity index is 319. The first kappa shape index (κ1) is 15.8. The molecule has 3 nitrogen and oxygen atoms in total. The molecule has 2 fully saturated rings. The number of likely N-dealkylation sites (tertiary alicyclic amines) is 1. The first-order chi connectivity index (χ1) is 9.59. The van der Waals surface area contributed by atoms with Gasteiger partial charge in [-0.1, -0.05) is 26.7 Å². The van der Waals surface area contributed by atoms with Crippen LogP contribution in [0, 0.1) is 11.3 Å². The number of aliphatic hydroxyl groups excluding tert-OH is 1.